The molecule has 2 fully saturated rings. The third-order valence-corrected chi connectivity index (χ3v) is 5.26. The largest absolute Gasteiger partial charge is 0.481 e. The minimum atomic E-state index is -0.755. The lowest BCUT2D eigenvalue weighted by molar-refractivity contribution is -0.154. The molecular formula is C11H17NO3. The van der Waals surface area contributed by atoms with E-state index in [2.05, 4.69) is 5.16 Å². The van der Waals surface area contributed by atoms with Crippen molar-refractivity contribution in [1.82, 2.24) is 0 Å². The van der Waals surface area contributed by atoms with E-state index in [4.69, 9.17) is 5.21 Å². The maximum absolute atomic E-state index is 11.5. The molecule has 2 aliphatic rings. The summed E-state index contributed by atoms with van der Waals surface area (Å²) in [5.41, 5.74) is -0.683. The highest BCUT2D eigenvalue weighted by Gasteiger charge is 2.72. The lowest BCUT2D eigenvalue weighted by Crippen LogP contribution is -2.40. The zero-order valence-corrected chi connectivity index (χ0v) is 9.37. The molecule has 0 unspecified atom stereocenters. The van der Waals surface area contributed by atoms with Crippen LogP contribution < -0.4 is 0 Å². The average molecular weight is 211 g/mol. The second-order valence-corrected chi connectivity index (χ2v) is 5.57. The van der Waals surface area contributed by atoms with Crippen LogP contribution in [0.4, 0.5) is 0 Å². The molecule has 0 saturated heterocycles. The van der Waals surface area contributed by atoms with Gasteiger partial charge < -0.3 is 10.3 Å². The van der Waals surface area contributed by atoms with Crippen LogP contribution in [0.2, 0.25) is 0 Å². The second-order valence-electron chi connectivity index (χ2n) is 5.57. The van der Waals surface area contributed by atoms with Crippen LogP contribution in [0, 0.1) is 16.2 Å². The Morgan fingerprint density at radius 1 is 1.33 bits per heavy atom. The smallest absolute Gasteiger partial charge is 0.310 e. The number of aliphatic carboxylic acids is 1. The number of fused-ring (bicyclic) bond motifs is 2. The fraction of sp³-hybridized carbons (Fsp3) is 0.818. The first-order chi connectivity index (χ1) is 6.82. The van der Waals surface area contributed by atoms with Gasteiger partial charge in [-0.3, -0.25) is 4.79 Å². The Morgan fingerprint density at radius 3 is 2.27 bits per heavy atom. The number of nitrogens with zero attached hydrogens (tertiary/aromatic N) is 1. The van der Waals surface area contributed by atoms with Crippen molar-refractivity contribution in [2.24, 2.45) is 21.4 Å². The van der Waals surface area contributed by atoms with Crippen molar-refractivity contribution in [2.45, 2.75) is 40.0 Å². The van der Waals surface area contributed by atoms with Crippen LogP contribution in [0.15, 0.2) is 5.16 Å². The molecule has 15 heavy (non-hydrogen) atoms. The zero-order chi connectivity index (χ0) is 11.5. The molecule has 84 valence electrons. The summed E-state index contributed by atoms with van der Waals surface area (Å²) in [7, 11) is 0. The van der Waals surface area contributed by atoms with Crippen molar-refractivity contribution < 1.29 is 15.1 Å². The van der Waals surface area contributed by atoms with Gasteiger partial charge >= 0.3 is 5.97 Å². The van der Waals surface area contributed by atoms with E-state index in [0.29, 0.717) is 18.6 Å². The Labute approximate surface area is 89.0 Å². The maximum Gasteiger partial charge on any atom is 0.310 e. The monoisotopic (exact) mass is 211 g/mol. The number of carbonyl (C=O) groups is 1. The molecule has 0 radical (unpaired) electrons. The summed E-state index contributed by atoms with van der Waals surface area (Å²) in [6, 6.07) is 0. The molecular weight excluding hydrogens is 194 g/mol. The molecule has 0 aliphatic heterocycles. The molecule has 0 spiro atoms. The molecule has 2 aliphatic carbocycles. The standard InChI is InChI=1S/C11H17NO3/c1-9(2)10(3)4-5-11(9,8(13)14)6-7(10)12-15/h15H,4-6H2,1-3H3,(H,13,14)/t10-,11-/m0/s1. The number of hydrogen-bond acceptors (Lipinski definition) is 3. The fourth-order valence-electron chi connectivity index (χ4n) is 3.51. The summed E-state index contributed by atoms with van der Waals surface area (Å²) in [6.45, 7) is 5.97. The second kappa shape index (κ2) is 2.54. The summed E-state index contributed by atoms with van der Waals surface area (Å²) in [5.74, 6) is -0.755. The molecule has 0 aromatic rings. The van der Waals surface area contributed by atoms with Crippen LogP contribution in [0.5, 0.6) is 0 Å². The summed E-state index contributed by atoms with van der Waals surface area (Å²) in [5, 5.41) is 21.7. The van der Waals surface area contributed by atoms with Gasteiger partial charge in [0.2, 0.25) is 0 Å². The Bertz CT molecular complexity index is 361. The summed E-state index contributed by atoms with van der Waals surface area (Å²) in [6.07, 6.45) is 1.87. The lowest BCUT2D eigenvalue weighted by Gasteiger charge is -2.37. The predicted molar refractivity (Wildman–Crippen MR) is 55.0 cm³/mol. The first-order valence-corrected chi connectivity index (χ1v) is 5.27. The first-order valence-electron chi connectivity index (χ1n) is 5.27. The summed E-state index contributed by atoms with van der Waals surface area (Å²) < 4.78 is 0. The first kappa shape index (κ1) is 10.5. The third-order valence-electron chi connectivity index (χ3n) is 5.26. The summed E-state index contributed by atoms with van der Waals surface area (Å²) >= 11 is 0. The molecule has 2 bridgehead atoms. The van der Waals surface area contributed by atoms with Gasteiger partial charge in [-0.1, -0.05) is 25.9 Å². The van der Waals surface area contributed by atoms with Crippen molar-refractivity contribution in [1.29, 1.82) is 0 Å². The van der Waals surface area contributed by atoms with E-state index in [-0.39, 0.29) is 10.8 Å². The van der Waals surface area contributed by atoms with Gasteiger partial charge in [-0.25, -0.2) is 0 Å². The van der Waals surface area contributed by atoms with Crippen LogP contribution in [-0.2, 0) is 4.79 Å². The highest BCUT2D eigenvalue weighted by molar-refractivity contribution is 6.00. The topological polar surface area (TPSA) is 69.9 Å². The van der Waals surface area contributed by atoms with Crippen LogP contribution in [-0.4, -0.2) is 22.0 Å². The van der Waals surface area contributed by atoms with Crippen LogP contribution >= 0.6 is 0 Å². The van der Waals surface area contributed by atoms with Gasteiger partial charge in [0.1, 0.15) is 0 Å². The highest BCUT2D eigenvalue weighted by atomic mass is 16.4. The Balaban J connectivity index is 2.61. The van der Waals surface area contributed by atoms with Crippen LogP contribution in [0.3, 0.4) is 0 Å². The number of oxime groups is 1. The van der Waals surface area contributed by atoms with E-state index in [1.807, 2.05) is 20.8 Å². The summed E-state index contributed by atoms with van der Waals surface area (Å²) in [4.78, 5) is 11.5. The molecule has 0 heterocycles. The Kier molecular flexibility index (Phi) is 1.77. The molecule has 2 rings (SSSR count). The van der Waals surface area contributed by atoms with E-state index >= 15 is 0 Å². The Hall–Kier alpha value is -1.06. The fourth-order valence-corrected chi connectivity index (χ4v) is 3.51. The van der Waals surface area contributed by atoms with Gasteiger partial charge in [0.15, 0.2) is 0 Å². The van der Waals surface area contributed by atoms with Gasteiger partial charge in [-0.2, -0.15) is 0 Å². The van der Waals surface area contributed by atoms with Crippen molar-refractivity contribution in [2.75, 3.05) is 0 Å². The van der Waals surface area contributed by atoms with Gasteiger partial charge in [-0.05, 0) is 18.3 Å². The molecule has 2 N–H and O–H groups in total. The lowest BCUT2D eigenvalue weighted by atomic mass is 9.65. The zero-order valence-electron chi connectivity index (χ0n) is 9.37. The SMILES string of the molecule is CC1(C)[C@@]2(C(=O)O)CC[C@@]1(C)C(=NO)C2. The third kappa shape index (κ3) is 0.840. The van der Waals surface area contributed by atoms with E-state index in [1.54, 1.807) is 0 Å². The van der Waals surface area contributed by atoms with Gasteiger partial charge in [0.05, 0.1) is 11.1 Å². The van der Waals surface area contributed by atoms with Crippen molar-refractivity contribution in [3.8, 4) is 0 Å². The molecule has 4 nitrogen and oxygen atoms in total. The van der Waals surface area contributed by atoms with Crippen LogP contribution in [0.1, 0.15) is 40.0 Å². The van der Waals surface area contributed by atoms with E-state index in [9.17, 15) is 9.90 Å². The van der Waals surface area contributed by atoms with E-state index in [0.717, 1.165) is 6.42 Å². The minimum Gasteiger partial charge on any atom is -0.481 e. The van der Waals surface area contributed by atoms with Crippen molar-refractivity contribution in [3.63, 3.8) is 0 Å². The van der Waals surface area contributed by atoms with E-state index < -0.39 is 11.4 Å². The predicted octanol–water partition coefficient (Wildman–Crippen LogP) is 2.12. The normalized spacial score (nSPS) is 44.9. The molecule has 0 aromatic heterocycles. The van der Waals surface area contributed by atoms with E-state index in [1.165, 1.54) is 0 Å². The Morgan fingerprint density at radius 2 is 1.93 bits per heavy atom. The molecule has 0 aromatic carbocycles. The molecule has 2 saturated carbocycles. The number of rotatable bonds is 1. The average Bonchev–Trinajstić information content (AvgIpc) is 2.46. The minimum absolute atomic E-state index is 0.264. The molecule has 0 amide bonds. The molecule has 4 heteroatoms. The van der Waals surface area contributed by atoms with Gasteiger partial charge in [0, 0.05) is 11.8 Å². The van der Waals surface area contributed by atoms with Gasteiger partial charge in [0.25, 0.3) is 0 Å². The molecule has 2 atom stereocenters. The van der Waals surface area contributed by atoms with Crippen LogP contribution in [0.25, 0.3) is 0 Å². The van der Waals surface area contributed by atoms with Gasteiger partial charge in [-0.15, -0.1) is 0 Å². The number of carboxylic acid groups (broad SMARTS) is 1. The quantitative estimate of drug-likeness (QED) is 0.515. The van der Waals surface area contributed by atoms with Crippen molar-refractivity contribution >= 4 is 11.7 Å². The number of hydrogen-bond donors (Lipinski definition) is 2. The number of carboxylic acids is 1. The maximum atomic E-state index is 11.5. The highest BCUT2D eigenvalue weighted by Crippen LogP contribution is 2.70. The van der Waals surface area contributed by atoms with Crippen molar-refractivity contribution in [3.05, 3.63) is 0 Å².